The van der Waals surface area contributed by atoms with Crippen LogP contribution >= 0.6 is 0 Å². The summed E-state index contributed by atoms with van der Waals surface area (Å²) in [6, 6.07) is -0.530. The van der Waals surface area contributed by atoms with Crippen LogP contribution in [-0.4, -0.2) is 19.1 Å². The molecule has 0 aliphatic carbocycles. The van der Waals surface area contributed by atoms with Crippen molar-refractivity contribution in [3.63, 3.8) is 0 Å². The van der Waals surface area contributed by atoms with Crippen LogP contribution in [-0.2, 0) is 0 Å². The van der Waals surface area contributed by atoms with Gasteiger partial charge >= 0.3 is 41.7 Å². The summed E-state index contributed by atoms with van der Waals surface area (Å²) in [5.41, 5.74) is 4.68. The molecule has 0 aliphatic heterocycles. The Bertz CT molecular complexity index is 90.9. The van der Waals surface area contributed by atoms with E-state index in [1.54, 1.807) is 12.9 Å². The van der Waals surface area contributed by atoms with E-state index in [0.29, 0.717) is 0 Å². The summed E-state index contributed by atoms with van der Waals surface area (Å²) >= 11 is 0. The van der Waals surface area contributed by atoms with Crippen LogP contribution in [0, 0.1) is 0 Å². The summed E-state index contributed by atoms with van der Waals surface area (Å²) in [5.74, 6) is 1.69. The number of carbonyl (C=O) groups excluding carboxylic acids is 1. The number of nitrogens with two attached hydrogens (primary N) is 1. The zero-order valence-corrected chi connectivity index (χ0v) is 4.14. The number of carbonyl (C=O) groups is 1. The van der Waals surface area contributed by atoms with Crippen molar-refractivity contribution in [1.82, 2.24) is 5.23 Å². The molecule has 2 amide bonds. The average Bonchev–Trinajstić information content (AvgIpc) is 1.61. The standard InChI is InChI=1S/C3H7BN2O/c1-2-4-6-3(5)7/h2H,1H3,(H3,5,6,7). The number of primary amides is 1. The van der Waals surface area contributed by atoms with E-state index >= 15 is 0 Å². The summed E-state index contributed by atoms with van der Waals surface area (Å²) in [7, 11) is 1.47. The van der Waals surface area contributed by atoms with E-state index in [0.717, 1.165) is 0 Å². The molecule has 0 spiro atoms. The van der Waals surface area contributed by atoms with Gasteiger partial charge in [-0.15, -0.1) is 0 Å². The summed E-state index contributed by atoms with van der Waals surface area (Å²) in [5, 5.41) is 2.25. The van der Waals surface area contributed by atoms with Crippen LogP contribution in [0.5, 0.6) is 0 Å². The van der Waals surface area contributed by atoms with Gasteiger partial charge in [0.05, 0.1) is 0 Å². The molecule has 0 aromatic rings. The van der Waals surface area contributed by atoms with E-state index in [1.165, 1.54) is 7.06 Å². The van der Waals surface area contributed by atoms with Crippen molar-refractivity contribution in [3.8, 4) is 0 Å². The maximum absolute atomic E-state index is 9.82. The van der Waals surface area contributed by atoms with Gasteiger partial charge < -0.3 is 0 Å². The third-order valence-corrected chi connectivity index (χ3v) is 0.392. The van der Waals surface area contributed by atoms with Crippen molar-refractivity contribution < 1.29 is 4.79 Å². The van der Waals surface area contributed by atoms with E-state index in [2.05, 4.69) is 11.0 Å². The van der Waals surface area contributed by atoms with Crippen molar-refractivity contribution in [1.29, 1.82) is 0 Å². The van der Waals surface area contributed by atoms with Gasteiger partial charge in [-0.3, -0.25) is 0 Å². The molecule has 0 radical (unpaired) electrons. The van der Waals surface area contributed by atoms with Crippen molar-refractivity contribution in [2.24, 2.45) is 5.73 Å². The number of nitrogens with one attached hydrogen (secondary N) is 1. The average molecular weight is 97.9 g/mol. The number of urea groups is 1. The molecule has 0 fully saturated rings. The van der Waals surface area contributed by atoms with Gasteiger partial charge in [0.25, 0.3) is 0 Å². The minimum absolute atomic E-state index is 0.530. The Morgan fingerprint density at radius 3 is 2.71 bits per heavy atom. The molecule has 38 valence electrons. The Morgan fingerprint density at radius 1 is 2.00 bits per heavy atom. The molecule has 0 aliphatic rings. The van der Waals surface area contributed by atoms with Crippen LogP contribution in [0.3, 0.4) is 0 Å². The predicted octanol–water partition coefficient (Wildman–Crippen LogP) is -0.904. The summed E-state index contributed by atoms with van der Waals surface area (Å²) in [6.07, 6.45) is 0. The molecule has 0 saturated heterocycles. The Morgan fingerprint density at radius 2 is 2.57 bits per heavy atom. The fourth-order valence-electron chi connectivity index (χ4n) is 0.165. The van der Waals surface area contributed by atoms with Crippen LogP contribution in [0.1, 0.15) is 6.92 Å². The van der Waals surface area contributed by atoms with Crippen LogP contribution in [0.25, 0.3) is 0 Å². The molecule has 0 unspecified atom stereocenters. The third-order valence-electron chi connectivity index (χ3n) is 0.392. The molecule has 0 rings (SSSR count). The molecule has 3 nitrogen and oxygen atoms in total. The van der Waals surface area contributed by atoms with Gasteiger partial charge in [-0.25, -0.2) is 0 Å². The van der Waals surface area contributed by atoms with Crippen LogP contribution in [0.2, 0.25) is 0 Å². The van der Waals surface area contributed by atoms with Gasteiger partial charge in [0.1, 0.15) is 0 Å². The first-order valence-electron chi connectivity index (χ1n) is 1.94. The Hall–Kier alpha value is -0.795. The van der Waals surface area contributed by atoms with Crippen molar-refractivity contribution in [3.05, 3.63) is 0 Å². The topological polar surface area (TPSA) is 55.1 Å². The molecule has 0 aromatic carbocycles. The van der Waals surface area contributed by atoms with E-state index in [4.69, 9.17) is 0 Å². The van der Waals surface area contributed by atoms with Gasteiger partial charge in [0, 0.05) is 0 Å². The summed E-state index contributed by atoms with van der Waals surface area (Å²) in [6.45, 7) is 1.79. The molecule has 0 saturated carbocycles. The monoisotopic (exact) mass is 98.1 g/mol. The molecular formula is C3H7BN2O. The van der Waals surface area contributed by atoms with Gasteiger partial charge in [-0.1, -0.05) is 0 Å². The molecule has 7 heavy (non-hydrogen) atoms. The van der Waals surface area contributed by atoms with Gasteiger partial charge in [0.2, 0.25) is 0 Å². The first-order valence-corrected chi connectivity index (χ1v) is 1.94. The van der Waals surface area contributed by atoms with E-state index in [1.807, 2.05) is 0 Å². The second-order valence-corrected chi connectivity index (χ2v) is 1.01. The molecule has 0 heterocycles. The van der Waals surface area contributed by atoms with Crippen molar-refractivity contribution in [2.45, 2.75) is 6.92 Å². The second-order valence-electron chi connectivity index (χ2n) is 1.01. The third kappa shape index (κ3) is 5.20. The number of rotatable bonds is 1. The quantitative estimate of drug-likeness (QED) is 0.410. The Labute approximate surface area is 42.8 Å². The van der Waals surface area contributed by atoms with E-state index < -0.39 is 6.03 Å². The van der Waals surface area contributed by atoms with Crippen LogP contribution in [0.4, 0.5) is 4.79 Å². The minimum atomic E-state index is -0.530. The van der Waals surface area contributed by atoms with Crippen LogP contribution < -0.4 is 11.0 Å². The van der Waals surface area contributed by atoms with Gasteiger partial charge in [-0.2, -0.15) is 0 Å². The predicted molar refractivity (Wildman–Crippen MR) is 30.2 cm³/mol. The second kappa shape index (κ2) is 3.40. The molecule has 0 atom stereocenters. The van der Waals surface area contributed by atoms with Gasteiger partial charge in [-0.05, 0) is 0 Å². The first kappa shape index (κ1) is 6.20. The van der Waals surface area contributed by atoms with Gasteiger partial charge in [0.15, 0.2) is 0 Å². The molecule has 0 aromatic heterocycles. The summed E-state index contributed by atoms with van der Waals surface area (Å²) < 4.78 is 0. The summed E-state index contributed by atoms with van der Waals surface area (Å²) in [4.78, 5) is 9.82. The zero-order valence-electron chi connectivity index (χ0n) is 4.14. The molecular weight excluding hydrogens is 90.9 g/mol. The van der Waals surface area contributed by atoms with Crippen molar-refractivity contribution >= 4 is 19.1 Å². The fourth-order valence-corrected chi connectivity index (χ4v) is 0.165. The fraction of sp³-hybridized carbons (Fsp3) is 0.333. The number of hydrogen-bond acceptors (Lipinski definition) is 1. The first-order chi connectivity index (χ1) is 3.27. The normalized spacial score (nSPS) is 8.14. The SMILES string of the molecule is CC=BNC(N)=O. The van der Waals surface area contributed by atoms with Crippen molar-refractivity contribution in [2.75, 3.05) is 0 Å². The number of hydrogen-bond donors (Lipinski definition) is 2. The molecule has 4 heteroatoms. The molecule has 0 bridgehead atoms. The maximum atomic E-state index is 9.82. The zero-order chi connectivity index (χ0) is 5.70. The van der Waals surface area contributed by atoms with E-state index in [-0.39, 0.29) is 0 Å². The Balaban J connectivity index is 3.14. The Kier molecular flexibility index (Phi) is 3.01. The molecule has 3 N–H and O–H groups in total. The van der Waals surface area contributed by atoms with E-state index in [9.17, 15) is 4.79 Å². The number of amides is 2. The van der Waals surface area contributed by atoms with Crippen LogP contribution in [0.15, 0.2) is 0 Å².